The summed E-state index contributed by atoms with van der Waals surface area (Å²) in [6.45, 7) is 2.26. The first-order valence-corrected chi connectivity index (χ1v) is 11.5. The van der Waals surface area contributed by atoms with Crippen LogP contribution in [-0.4, -0.2) is 15.5 Å². The van der Waals surface area contributed by atoms with E-state index in [2.05, 4.69) is 34.6 Å². The predicted octanol–water partition coefficient (Wildman–Crippen LogP) is 5.73. The maximum atomic E-state index is 13.3. The number of carbonyl (C=O) groups is 1. The smallest absolute Gasteiger partial charge is 0.265 e. The topological polar surface area (TPSA) is 64.0 Å². The predicted molar refractivity (Wildman–Crippen MR) is 134 cm³/mol. The van der Waals surface area contributed by atoms with E-state index >= 15 is 0 Å². The summed E-state index contributed by atoms with van der Waals surface area (Å²) < 4.78 is 1.67. The van der Waals surface area contributed by atoms with Gasteiger partial charge in [0.25, 0.3) is 11.5 Å². The van der Waals surface area contributed by atoms with E-state index in [4.69, 9.17) is 0 Å². The Morgan fingerprint density at radius 2 is 1.70 bits per heavy atom. The van der Waals surface area contributed by atoms with Gasteiger partial charge in [-0.05, 0) is 53.3 Å². The molecule has 1 N–H and O–H groups in total. The van der Waals surface area contributed by atoms with Crippen molar-refractivity contribution in [1.82, 2.24) is 9.55 Å². The van der Waals surface area contributed by atoms with Crippen LogP contribution in [-0.2, 0) is 6.54 Å². The molecule has 2 aromatic heterocycles. The van der Waals surface area contributed by atoms with Crippen LogP contribution in [0.3, 0.4) is 0 Å². The summed E-state index contributed by atoms with van der Waals surface area (Å²) >= 11 is 1.37. The van der Waals surface area contributed by atoms with E-state index in [0.717, 1.165) is 16.7 Å². The highest BCUT2D eigenvalue weighted by molar-refractivity contribution is 7.12. The van der Waals surface area contributed by atoms with Gasteiger partial charge in [-0.15, -0.1) is 11.3 Å². The summed E-state index contributed by atoms with van der Waals surface area (Å²) in [6, 6.07) is 27.2. The standard InChI is InChI=1S/C27H21N3O2S/c1-18-28-24-14-13-22(29-26(31)25-8-5-15-33-25)16-23(24)27(32)30(18)17-19-9-11-21(12-10-19)20-6-3-2-4-7-20/h2-16H,17H2,1H3,(H,29,31). The molecule has 0 atom stereocenters. The minimum Gasteiger partial charge on any atom is -0.321 e. The molecule has 0 unspecified atom stereocenters. The van der Waals surface area contributed by atoms with Crippen LogP contribution in [0.15, 0.2) is 95.1 Å². The van der Waals surface area contributed by atoms with Crippen LogP contribution in [0.2, 0.25) is 0 Å². The van der Waals surface area contributed by atoms with Crippen molar-refractivity contribution in [2.45, 2.75) is 13.5 Å². The number of nitrogens with one attached hydrogen (secondary N) is 1. The van der Waals surface area contributed by atoms with Gasteiger partial charge in [0.2, 0.25) is 0 Å². The van der Waals surface area contributed by atoms with Gasteiger partial charge in [0.15, 0.2) is 0 Å². The Bertz CT molecular complexity index is 1490. The minimum absolute atomic E-state index is 0.128. The maximum absolute atomic E-state index is 13.3. The maximum Gasteiger partial charge on any atom is 0.265 e. The Kier molecular flexibility index (Phi) is 5.59. The Morgan fingerprint density at radius 3 is 2.42 bits per heavy atom. The van der Waals surface area contributed by atoms with Crippen molar-refractivity contribution in [3.8, 4) is 11.1 Å². The molecule has 0 radical (unpaired) electrons. The van der Waals surface area contributed by atoms with Crippen molar-refractivity contribution in [3.63, 3.8) is 0 Å². The fraction of sp³-hybridized carbons (Fsp3) is 0.0741. The molecule has 1 amide bonds. The van der Waals surface area contributed by atoms with E-state index < -0.39 is 0 Å². The second kappa shape index (κ2) is 8.84. The second-order valence-corrected chi connectivity index (χ2v) is 8.72. The molecule has 0 aliphatic heterocycles. The molecule has 3 aromatic carbocycles. The molecule has 5 rings (SSSR count). The van der Waals surface area contributed by atoms with E-state index in [-0.39, 0.29) is 11.5 Å². The summed E-state index contributed by atoms with van der Waals surface area (Å²) in [6.07, 6.45) is 0. The summed E-state index contributed by atoms with van der Waals surface area (Å²) in [5.74, 6) is 0.457. The molecule has 0 bridgehead atoms. The molecule has 5 nitrogen and oxygen atoms in total. The third kappa shape index (κ3) is 4.33. The number of benzene rings is 3. The number of carbonyl (C=O) groups excluding carboxylic acids is 1. The van der Waals surface area contributed by atoms with Gasteiger partial charge in [0.1, 0.15) is 5.82 Å². The van der Waals surface area contributed by atoms with Gasteiger partial charge >= 0.3 is 0 Å². The lowest BCUT2D eigenvalue weighted by Crippen LogP contribution is -2.24. The van der Waals surface area contributed by atoms with Crippen LogP contribution in [0.5, 0.6) is 0 Å². The number of amides is 1. The molecular formula is C27H21N3O2S. The van der Waals surface area contributed by atoms with Gasteiger partial charge in [-0.3, -0.25) is 14.2 Å². The van der Waals surface area contributed by atoms with Crippen molar-refractivity contribution < 1.29 is 4.79 Å². The van der Waals surface area contributed by atoms with Gasteiger partial charge in [-0.1, -0.05) is 60.7 Å². The Balaban J connectivity index is 1.44. The number of hydrogen-bond acceptors (Lipinski definition) is 4. The number of hydrogen-bond donors (Lipinski definition) is 1. The first-order chi connectivity index (χ1) is 16.1. The largest absolute Gasteiger partial charge is 0.321 e. The monoisotopic (exact) mass is 451 g/mol. The van der Waals surface area contributed by atoms with Crippen LogP contribution in [0.1, 0.15) is 21.1 Å². The van der Waals surface area contributed by atoms with E-state index in [1.807, 2.05) is 48.7 Å². The zero-order valence-electron chi connectivity index (χ0n) is 18.0. The summed E-state index contributed by atoms with van der Waals surface area (Å²) in [5, 5.41) is 5.20. The SMILES string of the molecule is Cc1nc2ccc(NC(=O)c3cccs3)cc2c(=O)n1Cc1ccc(-c2ccccc2)cc1. The van der Waals surface area contributed by atoms with E-state index in [1.165, 1.54) is 11.3 Å². The van der Waals surface area contributed by atoms with E-state index in [0.29, 0.717) is 33.8 Å². The van der Waals surface area contributed by atoms with Crippen molar-refractivity contribution in [2.75, 3.05) is 5.32 Å². The molecular weight excluding hydrogens is 430 g/mol. The van der Waals surface area contributed by atoms with Crippen molar-refractivity contribution in [1.29, 1.82) is 0 Å². The Labute approximate surface area is 195 Å². The number of anilines is 1. The van der Waals surface area contributed by atoms with Crippen LogP contribution in [0.25, 0.3) is 22.0 Å². The molecule has 0 spiro atoms. The van der Waals surface area contributed by atoms with Crippen LogP contribution in [0.4, 0.5) is 5.69 Å². The van der Waals surface area contributed by atoms with E-state index in [1.54, 1.807) is 28.8 Å². The second-order valence-electron chi connectivity index (χ2n) is 7.78. The highest BCUT2D eigenvalue weighted by Gasteiger charge is 2.12. The van der Waals surface area contributed by atoms with Crippen molar-refractivity contribution >= 4 is 33.8 Å². The van der Waals surface area contributed by atoms with Crippen LogP contribution in [0, 0.1) is 6.92 Å². The van der Waals surface area contributed by atoms with Crippen LogP contribution >= 0.6 is 11.3 Å². The third-order valence-electron chi connectivity index (χ3n) is 5.55. The molecule has 162 valence electrons. The number of fused-ring (bicyclic) bond motifs is 1. The third-order valence-corrected chi connectivity index (χ3v) is 6.42. The Morgan fingerprint density at radius 1 is 0.939 bits per heavy atom. The normalized spacial score (nSPS) is 10.9. The molecule has 0 aliphatic rings. The average molecular weight is 452 g/mol. The van der Waals surface area contributed by atoms with Gasteiger partial charge in [0.05, 0.1) is 22.3 Å². The molecule has 0 aliphatic carbocycles. The summed E-state index contributed by atoms with van der Waals surface area (Å²) in [5.41, 5.74) is 4.36. The van der Waals surface area contributed by atoms with Gasteiger partial charge in [-0.25, -0.2) is 4.98 Å². The molecule has 6 heteroatoms. The number of thiophene rings is 1. The zero-order valence-corrected chi connectivity index (χ0v) is 18.8. The number of aryl methyl sites for hydroxylation is 1. The lowest BCUT2D eigenvalue weighted by molar-refractivity contribution is 0.103. The molecule has 0 saturated carbocycles. The average Bonchev–Trinajstić information content (AvgIpc) is 3.39. The quantitative estimate of drug-likeness (QED) is 0.371. The minimum atomic E-state index is -0.191. The summed E-state index contributed by atoms with van der Waals surface area (Å²) in [4.78, 5) is 30.9. The van der Waals surface area contributed by atoms with Crippen molar-refractivity contribution in [2.24, 2.45) is 0 Å². The van der Waals surface area contributed by atoms with E-state index in [9.17, 15) is 9.59 Å². The highest BCUT2D eigenvalue weighted by atomic mass is 32.1. The molecule has 5 aromatic rings. The lowest BCUT2D eigenvalue weighted by Gasteiger charge is -2.12. The molecule has 2 heterocycles. The zero-order chi connectivity index (χ0) is 22.8. The lowest BCUT2D eigenvalue weighted by atomic mass is 10.0. The highest BCUT2D eigenvalue weighted by Crippen LogP contribution is 2.21. The van der Waals surface area contributed by atoms with Gasteiger partial charge in [0, 0.05) is 5.69 Å². The molecule has 33 heavy (non-hydrogen) atoms. The number of nitrogens with zero attached hydrogens (tertiary/aromatic N) is 2. The fourth-order valence-electron chi connectivity index (χ4n) is 3.81. The molecule has 0 saturated heterocycles. The number of rotatable bonds is 5. The Hall–Kier alpha value is -4.03. The van der Waals surface area contributed by atoms with Gasteiger partial charge in [-0.2, -0.15) is 0 Å². The fourth-order valence-corrected chi connectivity index (χ4v) is 4.43. The first-order valence-electron chi connectivity index (χ1n) is 10.6. The number of aromatic nitrogens is 2. The van der Waals surface area contributed by atoms with Crippen molar-refractivity contribution in [3.05, 3.63) is 117 Å². The van der Waals surface area contributed by atoms with Gasteiger partial charge < -0.3 is 5.32 Å². The van der Waals surface area contributed by atoms with Crippen LogP contribution < -0.4 is 10.9 Å². The molecule has 0 fully saturated rings. The first kappa shape index (κ1) is 20.8. The summed E-state index contributed by atoms with van der Waals surface area (Å²) in [7, 11) is 0.